The number of likely N-dealkylation sites (tertiary alicyclic amines) is 1. The van der Waals surface area contributed by atoms with Crippen LogP contribution in [0.2, 0.25) is 0 Å². The largest absolute Gasteiger partial charge is 0.338 e. The summed E-state index contributed by atoms with van der Waals surface area (Å²) in [6.45, 7) is 4.04. The molecule has 0 saturated carbocycles. The maximum atomic E-state index is 12.6. The van der Waals surface area contributed by atoms with Gasteiger partial charge in [0.2, 0.25) is 10.0 Å². The number of carbonyl (C=O) groups is 1. The smallest absolute Gasteiger partial charge is 0.253 e. The molecule has 1 aliphatic rings. The fourth-order valence-corrected chi connectivity index (χ4v) is 4.60. The molecule has 27 heavy (non-hydrogen) atoms. The maximum absolute atomic E-state index is 12.6. The summed E-state index contributed by atoms with van der Waals surface area (Å²) in [6, 6.07) is 15.6. The molecular formula is C21H26N2O3S. The van der Waals surface area contributed by atoms with Crippen LogP contribution in [0.4, 0.5) is 0 Å². The monoisotopic (exact) mass is 386 g/mol. The van der Waals surface area contributed by atoms with E-state index in [1.54, 1.807) is 49.5 Å². The van der Waals surface area contributed by atoms with Crippen molar-refractivity contribution in [2.75, 3.05) is 20.1 Å². The summed E-state index contributed by atoms with van der Waals surface area (Å²) in [5.41, 5.74) is 1.50. The third-order valence-corrected chi connectivity index (χ3v) is 6.82. The Kier molecular flexibility index (Phi) is 5.97. The van der Waals surface area contributed by atoms with Gasteiger partial charge in [0.15, 0.2) is 0 Å². The third kappa shape index (κ3) is 4.57. The van der Waals surface area contributed by atoms with Crippen LogP contribution in [-0.4, -0.2) is 43.7 Å². The van der Waals surface area contributed by atoms with E-state index in [2.05, 4.69) is 6.92 Å². The predicted octanol–water partition coefficient (Wildman–Crippen LogP) is 3.38. The van der Waals surface area contributed by atoms with Crippen molar-refractivity contribution in [3.63, 3.8) is 0 Å². The molecule has 0 radical (unpaired) electrons. The number of piperidine rings is 1. The predicted molar refractivity (Wildman–Crippen MR) is 106 cm³/mol. The van der Waals surface area contributed by atoms with Gasteiger partial charge in [0.1, 0.15) is 0 Å². The number of carbonyl (C=O) groups excluding carboxylic acids is 1. The molecule has 0 spiro atoms. The van der Waals surface area contributed by atoms with Crippen molar-refractivity contribution < 1.29 is 13.2 Å². The Morgan fingerprint density at radius 3 is 2.41 bits per heavy atom. The minimum Gasteiger partial charge on any atom is -0.338 e. The zero-order chi connectivity index (χ0) is 19.4. The highest BCUT2D eigenvalue weighted by atomic mass is 32.2. The van der Waals surface area contributed by atoms with Gasteiger partial charge in [0, 0.05) is 32.2 Å². The molecule has 0 aliphatic carbocycles. The van der Waals surface area contributed by atoms with Gasteiger partial charge in [-0.2, -0.15) is 4.31 Å². The minimum absolute atomic E-state index is 0.0540. The Bertz CT molecular complexity index is 879. The number of rotatable bonds is 5. The Balaban J connectivity index is 1.68. The van der Waals surface area contributed by atoms with Crippen LogP contribution in [0.5, 0.6) is 0 Å². The van der Waals surface area contributed by atoms with Crippen molar-refractivity contribution in [1.82, 2.24) is 9.21 Å². The molecule has 1 amide bonds. The van der Waals surface area contributed by atoms with E-state index < -0.39 is 10.0 Å². The average molecular weight is 387 g/mol. The molecule has 2 aromatic rings. The molecule has 144 valence electrons. The summed E-state index contributed by atoms with van der Waals surface area (Å²) in [7, 11) is -1.96. The van der Waals surface area contributed by atoms with Gasteiger partial charge in [-0.25, -0.2) is 8.42 Å². The number of benzene rings is 2. The van der Waals surface area contributed by atoms with Crippen molar-refractivity contribution >= 4 is 15.9 Å². The Hall–Kier alpha value is -2.18. The van der Waals surface area contributed by atoms with Gasteiger partial charge in [-0.15, -0.1) is 0 Å². The summed E-state index contributed by atoms with van der Waals surface area (Å²) >= 11 is 0. The lowest BCUT2D eigenvalue weighted by Gasteiger charge is -2.31. The van der Waals surface area contributed by atoms with E-state index in [1.807, 2.05) is 17.0 Å². The summed E-state index contributed by atoms with van der Waals surface area (Å²) in [5.74, 6) is 0.595. The van der Waals surface area contributed by atoms with Gasteiger partial charge in [-0.1, -0.05) is 37.3 Å². The lowest BCUT2D eigenvalue weighted by Crippen LogP contribution is -2.39. The van der Waals surface area contributed by atoms with E-state index in [4.69, 9.17) is 0 Å². The first-order chi connectivity index (χ1) is 12.9. The molecule has 1 saturated heterocycles. The molecule has 2 aromatic carbocycles. The minimum atomic E-state index is -3.53. The molecule has 3 rings (SSSR count). The van der Waals surface area contributed by atoms with Gasteiger partial charge < -0.3 is 4.90 Å². The summed E-state index contributed by atoms with van der Waals surface area (Å²) in [6.07, 6.45) is 2.22. The summed E-state index contributed by atoms with van der Waals surface area (Å²) in [4.78, 5) is 14.8. The molecule has 6 heteroatoms. The van der Waals surface area contributed by atoms with Crippen LogP contribution >= 0.6 is 0 Å². The van der Waals surface area contributed by atoms with Crippen molar-refractivity contribution in [3.05, 3.63) is 65.7 Å². The zero-order valence-electron chi connectivity index (χ0n) is 15.8. The van der Waals surface area contributed by atoms with Crippen molar-refractivity contribution in [1.29, 1.82) is 0 Å². The van der Waals surface area contributed by atoms with Crippen molar-refractivity contribution in [2.24, 2.45) is 5.92 Å². The summed E-state index contributed by atoms with van der Waals surface area (Å²) < 4.78 is 26.6. The lowest BCUT2D eigenvalue weighted by molar-refractivity contribution is 0.0683. The van der Waals surface area contributed by atoms with Crippen LogP contribution in [0.3, 0.4) is 0 Å². The van der Waals surface area contributed by atoms with Crippen molar-refractivity contribution in [2.45, 2.75) is 31.2 Å². The molecule has 5 nitrogen and oxygen atoms in total. The number of nitrogens with zero attached hydrogens (tertiary/aromatic N) is 2. The maximum Gasteiger partial charge on any atom is 0.253 e. The fourth-order valence-electron chi connectivity index (χ4n) is 3.42. The van der Waals surface area contributed by atoms with Crippen LogP contribution in [0.25, 0.3) is 0 Å². The van der Waals surface area contributed by atoms with Gasteiger partial charge in [0.05, 0.1) is 4.90 Å². The standard InChI is InChI=1S/C21H26N2O3S/c1-17-7-6-14-23(15-17)21(24)19-12-10-18(11-13-19)16-22(2)27(25,26)20-8-4-3-5-9-20/h3-5,8-13,17H,6-7,14-16H2,1-2H3/t17-/m0/s1. The van der Waals surface area contributed by atoms with Crippen LogP contribution in [0.1, 0.15) is 35.7 Å². The van der Waals surface area contributed by atoms with E-state index in [1.165, 1.54) is 10.7 Å². The molecule has 0 unspecified atom stereocenters. The Morgan fingerprint density at radius 2 is 1.78 bits per heavy atom. The van der Waals surface area contributed by atoms with E-state index >= 15 is 0 Å². The van der Waals surface area contributed by atoms with Gasteiger partial charge >= 0.3 is 0 Å². The first kappa shape index (κ1) is 19.6. The number of amides is 1. The fraction of sp³-hybridized carbons (Fsp3) is 0.381. The quantitative estimate of drug-likeness (QED) is 0.792. The highest BCUT2D eigenvalue weighted by Crippen LogP contribution is 2.19. The topological polar surface area (TPSA) is 57.7 Å². The van der Waals surface area contributed by atoms with Crippen LogP contribution in [0.15, 0.2) is 59.5 Å². The van der Waals surface area contributed by atoms with Gasteiger partial charge in [-0.05, 0) is 48.6 Å². The second-order valence-electron chi connectivity index (χ2n) is 7.27. The molecule has 0 N–H and O–H groups in total. The van der Waals surface area contributed by atoms with E-state index in [0.29, 0.717) is 11.5 Å². The molecule has 0 aromatic heterocycles. The second-order valence-corrected chi connectivity index (χ2v) is 9.31. The number of hydrogen-bond acceptors (Lipinski definition) is 3. The van der Waals surface area contributed by atoms with Crippen molar-refractivity contribution in [3.8, 4) is 0 Å². The number of sulfonamides is 1. The first-order valence-corrected chi connectivity index (χ1v) is 10.7. The highest BCUT2D eigenvalue weighted by Gasteiger charge is 2.23. The number of hydrogen-bond donors (Lipinski definition) is 0. The molecular weight excluding hydrogens is 360 g/mol. The van der Waals surface area contributed by atoms with E-state index in [0.717, 1.165) is 25.1 Å². The third-order valence-electron chi connectivity index (χ3n) is 5.00. The molecule has 1 atom stereocenters. The first-order valence-electron chi connectivity index (χ1n) is 9.27. The van der Waals surface area contributed by atoms with E-state index in [9.17, 15) is 13.2 Å². The Labute approximate surface area is 161 Å². The van der Waals surface area contributed by atoms with E-state index in [-0.39, 0.29) is 17.3 Å². The van der Waals surface area contributed by atoms with Gasteiger partial charge in [-0.3, -0.25) is 4.79 Å². The second kappa shape index (κ2) is 8.23. The average Bonchev–Trinajstić information content (AvgIpc) is 2.68. The van der Waals surface area contributed by atoms with Crippen LogP contribution < -0.4 is 0 Å². The Morgan fingerprint density at radius 1 is 1.11 bits per heavy atom. The van der Waals surface area contributed by atoms with Gasteiger partial charge in [0.25, 0.3) is 5.91 Å². The van der Waals surface area contributed by atoms with Crippen LogP contribution in [-0.2, 0) is 16.6 Å². The molecule has 1 aliphatic heterocycles. The zero-order valence-corrected chi connectivity index (χ0v) is 16.7. The molecule has 0 bridgehead atoms. The normalized spacial score (nSPS) is 17.9. The lowest BCUT2D eigenvalue weighted by atomic mass is 9.99. The SMILES string of the molecule is C[C@H]1CCCN(C(=O)c2ccc(CN(C)S(=O)(=O)c3ccccc3)cc2)C1. The molecule has 1 heterocycles. The summed E-state index contributed by atoms with van der Waals surface area (Å²) in [5, 5.41) is 0. The van der Waals surface area contributed by atoms with Crippen LogP contribution in [0, 0.1) is 5.92 Å². The highest BCUT2D eigenvalue weighted by molar-refractivity contribution is 7.89. The molecule has 1 fully saturated rings.